The maximum Gasteiger partial charge on any atom is 0.159 e. The molecule has 0 atom stereocenters. The van der Waals surface area contributed by atoms with Gasteiger partial charge in [-0.05, 0) is 84.6 Å². The smallest absolute Gasteiger partial charge is 0.159 e. The standard InChI is InChI=1S/C26H27F3O/c1-30-16-18-3-6-19(7-4-18)21-11-12-23-22(15-21)10-9-20(26(23)29)8-2-17-5-13-24(27)25(28)14-17/h5,9-15,18-19H,2-4,6-8,16H2,1H3. The molecule has 4 rings (SSSR count). The fourth-order valence-corrected chi connectivity index (χ4v) is 4.67. The van der Waals surface area contributed by atoms with Gasteiger partial charge >= 0.3 is 0 Å². The minimum atomic E-state index is -0.865. The van der Waals surface area contributed by atoms with Gasteiger partial charge in [0.05, 0.1) is 0 Å². The van der Waals surface area contributed by atoms with Crippen molar-refractivity contribution in [3.8, 4) is 0 Å². The molecule has 0 N–H and O–H groups in total. The normalized spacial score (nSPS) is 19.3. The van der Waals surface area contributed by atoms with Gasteiger partial charge in [-0.3, -0.25) is 0 Å². The Morgan fingerprint density at radius 1 is 0.833 bits per heavy atom. The van der Waals surface area contributed by atoms with Crippen LogP contribution in [0.4, 0.5) is 13.2 Å². The van der Waals surface area contributed by atoms with Crippen molar-refractivity contribution >= 4 is 10.8 Å². The highest BCUT2D eigenvalue weighted by molar-refractivity contribution is 5.84. The van der Waals surface area contributed by atoms with Gasteiger partial charge < -0.3 is 4.74 Å². The van der Waals surface area contributed by atoms with Crippen molar-refractivity contribution in [1.29, 1.82) is 0 Å². The molecule has 1 saturated carbocycles. The molecule has 0 unspecified atom stereocenters. The number of rotatable bonds is 6. The van der Waals surface area contributed by atoms with E-state index < -0.39 is 11.6 Å². The van der Waals surface area contributed by atoms with E-state index in [4.69, 9.17) is 4.74 Å². The molecular weight excluding hydrogens is 385 g/mol. The van der Waals surface area contributed by atoms with Gasteiger partial charge in [0.25, 0.3) is 0 Å². The van der Waals surface area contributed by atoms with E-state index in [-0.39, 0.29) is 5.82 Å². The van der Waals surface area contributed by atoms with E-state index in [1.807, 2.05) is 18.2 Å². The van der Waals surface area contributed by atoms with Crippen molar-refractivity contribution < 1.29 is 17.9 Å². The number of hydrogen-bond acceptors (Lipinski definition) is 1. The second kappa shape index (κ2) is 9.22. The molecule has 0 aliphatic heterocycles. The van der Waals surface area contributed by atoms with Crippen molar-refractivity contribution in [2.75, 3.05) is 13.7 Å². The molecule has 1 aliphatic carbocycles. The number of aryl methyl sites for hydroxylation is 2. The summed E-state index contributed by atoms with van der Waals surface area (Å²) in [4.78, 5) is 0. The third-order valence-electron chi connectivity index (χ3n) is 6.45. The predicted molar refractivity (Wildman–Crippen MR) is 114 cm³/mol. The summed E-state index contributed by atoms with van der Waals surface area (Å²) >= 11 is 0. The molecule has 1 aliphatic rings. The SMILES string of the molecule is COCC1CCC(c2ccc3c(F)c(CCc4ccc(F)c(F)c4)ccc3c2)CC1. The van der Waals surface area contributed by atoms with Gasteiger partial charge in [0.15, 0.2) is 11.6 Å². The van der Waals surface area contributed by atoms with E-state index >= 15 is 4.39 Å². The quantitative estimate of drug-likeness (QED) is 0.425. The van der Waals surface area contributed by atoms with Gasteiger partial charge in [0.2, 0.25) is 0 Å². The van der Waals surface area contributed by atoms with E-state index in [1.54, 1.807) is 13.2 Å². The largest absolute Gasteiger partial charge is 0.384 e. The second-order valence-corrected chi connectivity index (χ2v) is 8.44. The fourth-order valence-electron chi connectivity index (χ4n) is 4.67. The van der Waals surface area contributed by atoms with Crippen LogP contribution < -0.4 is 0 Å². The Hall–Kier alpha value is -2.33. The zero-order valence-corrected chi connectivity index (χ0v) is 17.3. The summed E-state index contributed by atoms with van der Waals surface area (Å²) in [6, 6.07) is 13.7. The number of hydrogen-bond donors (Lipinski definition) is 0. The lowest BCUT2D eigenvalue weighted by atomic mass is 9.78. The maximum atomic E-state index is 15.1. The summed E-state index contributed by atoms with van der Waals surface area (Å²) in [5.41, 5.74) is 2.54. The van der Waals surface area contributed by atoms with E-state index in [1.165, 1.54) is 24.5 Å². The molecule has 3 aromatic rings. The third kappa shape index (κ3) is 4.54. The Morgan fingerprint density at radius 2 is 1.63 bits per heavy atom. The zero-order valence-electron chi connectivity index (χ0n) is 17.3. The third-order valence-corrected chi connectivity index (χ3v) is 6.45. The van der Waals surface area contributed by atoms with Crippen LogP contribution in [0.15, 0.2) is 48.5 Å². The van der Waals surface area contributed by atoms with Crippen LogP contribution in [-0.2, 0) is 17.6 Å². The van der Waals surface area contributed by atoms with E-state index in [2.05, 4.69) is 12.1 Å². The van der Waals surface area contributed by atoms with E-state index in [9.17, 15) is 8.78 Å². The van der Waals surface area contributed by atoms with Crippen LogP contribution in [-0.4, -0.2) is 13.7 Å². The number of ether oxygens (including phenoxy) is 1. The summed E-state index contributed by atoms with van der Waals surface area (Å²) in [6.07, 6.45) is 5.55. The Labute approximate surface area is 175 Å². The first-order valence-corrected chi connectivity index (χ1v) is 10.7. The van der Waals surface area contributed by atoms with Crippen LogP contribution in [0.3, 0.4) is 0 Å². The summed E-state index contributed by atoms with van der Waals surface area (Å²) < 4.78 is 46.8. The number of benzene rings is 3. The zero-order chi connectivity index (χ0) is 21.1. The first-order valence-electron chi connectivity index (χ1n) is 10.7. The fraction of sp³-hybridized carbons (Fsp3) is 0.385. The maximum absolute atomic E-state index is 15.1. The Balaban J connectivity index is 1.48. The highest BCUT2D eigenvalue weighted by atomic mass is 19.2. The van der Waals surface area contributed by atoms with Crippen molar-refractivity contribution in [2.45, 2.75) is 44.4 Å². The van der Waals surface area contributed by atoms with Crippen molar-refractivity contribution in [3.63, 3.8) is 0 Å². The van der Waals surface area contributed by atoms with E-state index in [0.717, 1.165) is 30.9 Å². The van der Waals surface area contributed by atoms with Gasteiger partial charge in [-0.1, -0.05) is 36.4 Å². The monoisotopic (exact) mass is 412 g/mol. The summed E-state index contributed by atoms with van der Waals surface area (Å²) in [5, 5.41) is 1.54. The Kier molecular flexibility index (Phi) is 6.43. The molecule has 0 radical (unpaired) electrons. The summed E-state index contributed by atoms with van der Waals surface area (Å²) in [6.45, 7) is 0.836. The molecule has 0 spiro atoms. The molecule has 0 saturated heterocycles. The highest BCUT2D eigenvalue weighted by Crippen LogP contribution is 2.37. The van der Waals surface area contributed by atoms with Crippen molar-refractivity contribution in [2.24, 2.45) is 5.92 Å². The molecule has 30 heavy (non-hydrogen) atoms. The number of halogens is 3. The minimum absolute atomic E-state index is 0.217. The van der Waals surface area contributed by atoms with Gasteiger partial charge in [0.1, 0.15) is 5.82 Å². The lowest BCUT2D eigenvalue weighted by Gasteiger charge is -2.28. The van der Waals surface area contributed by atoms with Gasteiger partial charge in [0, 0.05) is 19.1 Å². The summed E-state index contributed by atoms with van der Waals surface area (Å²) in [5.74, 6) is -0.765. The minimum Gasteiger partial charge on any atom is -0.384 e. The van der Waals surface area contributed by atoms with Crippen LogP contribution >= 0.6 is 0 Å². The van der Waals surface area contributed by atoms with Gasteiger partial charge in [-0.15, -0.1) is 0 Å². The molecule has 1 fully saturated rings. The number of methoxy groups -OCH3 is 1. The molecule has 0 heterocycles. The van der Waals surface area contributed by atoms with Crippen molar-refractivity contribution in [1.82, 2.24) is 0 Å². The Morgan fingerprint density at radius 3 is 2.37 bits per heavy atom. The average molecular weight is 412 g/mol. The lowest BCUT2D eigenvalue weighted by molar-refractivity contribution is 0.127. The summed E-state index contributed by atoms with van der Waals surface area (Å²) in [7, 11) is 1.76. The highest BCUT2D eigenvalue weighted by Gasteiger charge is 2.22. The average Bonchev–Trinajstić information content (AvgIpc) is 2.76. The van der Waals surface area contributed by atoms with Gasteiger partial charge in [-0.25, -0.2) is 13.2 Å². The molecule has 0 amide bonds. The molecule has 158 valence electrons. The van der Waals surface area contributed by atoms with Crippen LogP contribution in [0.25, 0.3) is 10.8 Å². The number of fused-ring (bicyclic) bond motifs is 1. The molecule has 4 heteroatoms. The Bertz CT molecular complexity index is 1020. The first-order chi connectivity index (χ1) is 14.5. The molecule has 3 aromatic carbocycles. The topological polar surface area (TPSA) is 9.23 Å². The first kappa shape index (κ1) is 20.9. The van der Waals surface area contributed by atoms with Crippen molar-refractivity contribution in [3.05, 3.63) is 82.7 Å². The molecule has 1 nitrogen and oxygen atoms in total. The molecule has 0 bridgehead atoms. The predicted octanol–water partition coefficient (Wildman–Crippen LogP) is 6.96. The van der Waals surface area contributed by atoms with Crippen LogP contribution in [0, 0.1) is 23.4 Å². The van der Waals surface area contributed by atoms with E-state index in [0.29, 0.717) is 41.2 Å². The van der Waals surface area contributed by atoms with Crippen LogP contribution in [0.2, 0.25) is 0 Å². The van der Waals surface area contributed by atoms with Gasteiger partial charge in [-0.2, -0.15) is 0 Å². The van der Waals surface area contributed by atoms with Crippen LogP contribution in [0.5, 0.6) is 0 Å². The van der Waals surface area contributed by atoms with Crippen LogP contribution in [0.1, 0.15) is 48.3 Å². The second-order valence-electron chi connectivity index (χ2n) is 8.44. The molecule has 0 aromatic heterocycles. The lowest BCUT2D eigenvalue weighted by Crippen LogP contribution is -2.17. The molecular formula is C26H27F3O.